The average Bonchev–Trinajstić information content (AvgIpc) is 3.44. The molecule has 1 aliphatic rings. The molecule has 9 rings (SSSR count). The maximum absolute atomic E-state index is 13.2. The fraction of sp³-hybridized carbons (Fsp3) is 0. The third-order valence-electron chi connectivity index (χ3n) is 9.28. The van der Waals surface area contributed by atoms with Crippen LogP contribution < -0.4 is 0 Å². The van der Waals surface area contributed by atoms with E-state index in [4.69, 9.17) is 15.0 Å². The van der Waals surface area contributed by atoms with E-state index in [-0.39, 0.29) is 0 Å². The maximum Gasteiger partial charge on any atom is 0.207 e. The molecule has 0 amide bonds. The van der Waals surface area contributed by atoms with Crippen LogP contribution in [0.5, 0.6) is 0 Å². The number of benzene rings is 7. The minimum absolute atomic E-state index is 0.339. The molecule has 0 fully saturated rings. The molecule has 2 heterocycles. The van der Waals surface area contributed by atoms with Crippen molar-refractivity contribution in [3.63, 3.8) is 0 Å². The lowest BCUT2D eigenvalue weighted by Gasteiger charge is -2.12. The normalized spacial score (nSPS) is 12.6. The van der Waals surface area contributed by atoms with Gasteiger partial charge in [-0.1, -0.05) is 140 Å². The van der Waals surface area contributed by atoms with Crippen molar-refractivity contribution in [3.8, 4) is 78.7 Å². The highest BCUT2D eigenvalue weighted by Gasteiger charge is 2.32. The van der Waals surface area contributed by atoms with Gasteiger partial charge in [-0.15, -0.1) is 0 Å². The summed E-state index contributed by atoms with van der Waals surface area (Å²) in [7, 11) is -3.55. The summed E-state index contributed by atoms with van der Waals surface area (Å²) in [5.74, 6) is 1.69. The lowest BCUT2D eigenvalue weighted by atomic mass is 9.98. The Bertz CT molecular complexity index is 2610. The van der Waals surface area contributed by atoms with Crippen LogP contribution in [0.1, 0.15) is 0 Å². The molecule has 6 heteroatoms. The van der Waals surface area contributed by atoms with Gasteiger partial charge in [-0.3, -0.25) is 0 Å². The summed E-state index contributed by atoms with van der Waals surface area (Å²) in [6.45, 7) is 0. The zero-order chi connectivity index (χ0) is 34.4. The first-order valence-electron chi connectivity index (χ1n) is 16.7. The molecule has 242 valence electrons. The minimum Gasteiger partial charge on any atom is -0.218 e. The Morgan fingerprint density at radius 1 is 0.294 bits per heavy atom. The Morgan fingerprint density at radius 3 is 1.18 bits per heavy atom. The predicted molar refractivity (Wildman–Crippen MR) is 203 cm³/mol. The van der Waals surface area contributed by atoms with Crippen molar-refractivity contribution in [1.82, 2.24) is 15.0 Å². The van der Waals surface area contributed by atoms with Crippen LogP contribution in [0.25, 0.3) is 78.7 Å². The monoisotopic (exact) mass is 675 g/mol. The summed E-state index contributed by atoms with van der Waals surface area (Å²) in [6.07, 6.45) is 0. The summed E-state index contributed by atoms with van der Waals surface area (Å²) < 4.78 is 26.5. The second-order valence-corrected chi connectivity index (χ2v) is 14.4. The van der Waals surface area contributed by atoms with E-state index in [1.807, 2.05) is 103 Å². The minimum atomic E-state index is -3.55. The van der Waals surface area contributed by atoms with Gasteiger partial charge in [-0.2, -0.15) is 0 Å². The van der Waals surface area contributed by atoms with E-state index in [2.05, 4.69) is 54.6 Å². The molecule has 0 N–H and O–H groups in total. The molecule has 0 unspecified atom stereocenters. The zero-order valence-electron chi connectivity index (χ0n) is 27.3. The van der Waals surface area contributed by atoms with E-state index in [1.54, 1.807) is 18.2 Å². The van der Waals surface area contributed by atoms with Crippen molar-refractivity contribution in [2.45, 2.75) is 9.79 Å². The summed E-state index contributed by atoms with van der Waals surface area (Å²) in [6, 6.07) is 57.9. The predicted octanol–water partition coefficient (Wildman–Crippen LogP) is 10.7. The second-order valence-electron chi connectivity index (χ2n) is 12.5. The second kappa shape index (κ2) is 12.4. The third-order valence-corrected chi connectivity index (χ3v) is 11.2. The van der Waals surface area contributed by atoms with Crippen LogP contribution in [0.4, 0.5) is 0 Å². The maximum atomic E-state index is 13.2. The topological polar surface area (TPSA) is 72.8 Å². The van der Waals surface area contributed by atoms with Crippen LogP contribution in [0.15, 0.2) is 186 Å². The largest absolute Gasteiger partial charge is 0.218 e. The number of nitrogens with zero attached hydrogens (tertiary/aromatic N) is 3. The molecule has 1 aliphatic heterocycles. The molecule has 0 radical (unpaired) electrons. The first-order chi connectivity index (χ1) is 25.0. The smallest absolute Gasteiger partial charge is 0.207 e. The average molecular weight is 676 g/mol. The van der Waals surface area contributed by atoms with Crippen LogP contribution in [0, 0.1) is 0 Å². The quantitative estimate of drug-likeness (QED) is 0.175. The summed E-state index contributed by atoms with van der Waals surface area (Å²) in [4.78, 5) is 15.8. The molecular weight excluding hydrogens is 647 g/mol. The lowest BCUT2D eigenvalue weighted by Crippen LogP contribution is -2.00. The van der Waals surface area contributed by atoms with Crippen molar-refractivity contribution < 1.29 is 8.42 Å². The van der Waals surface area contributed by atoms with Crippen molar-refractivity contribution in [2.24, 2.45) is 0 Å². The van der Waals surface area contributed by atoms with Crippen LogP contribution in [-0.4, -0.2) is 23.4 Å². The highest BCUT2D eigenvalue weighted by molar-refractivity contribution is 7.92. The highest BCUT2D eigenvalue weighted by Crippen LogP contribution is 2.44. The Morgan fingerprint density at radius 2 is 0.667 bits per heavy atom. The molecule has 7 aromatic carbocycles. The summed E-state index contributed by atoms with van der Waals surface area (Å²) in [5, 5.41) is 0. The van der Waals surface area contributed by atoms with Gasteiger partial charge in [0.15, 0.2) is 17.5 Å². The van der Waals surface area contributed by atoms with E-state index < -0.39 is 9.84 Å². The van der Waals surface area contributed by atoms with E-state index in [0.29, 0.717) is 27.3 Å². The van der Waals surface area contributed by atoms with E-state index in [1.165, 1.54) is 0 Å². The Hall–Kier alpha value is -6.50. The Balaban J connectivity index is 1.18. The zero-order valence-corrected chi connectivity index (χ0v) is 28.1. The molecular formula is C45H29N3O2S. The van der Waals surface area contributed by atoms with Crippen LogP contribution in [0.3, 0.4) is 0 Å². The highest BCUT2D eigenvalue weighted by atomic mass is 32.2. The fourth-order valence-corrected chi connectivity index (χ4v) is 8.40. The van der Waals surface area contributed by atoms with Gasteiger partial charge in [0, 0.05) is 27.8 Å². The van der Waals surface area contributed by atoms with E-state index >= 15 is 0 Å². The van der Waals surface area contributed by atoms with E-state index in [9.17, 15) is 8.42 Å². The lowest BCUT2D eigenvalue weighted by molar-refractivity contribution is 0.598. The Kier molecular flexibility index (Phi) is 7.45. The molecule has 0 saturated heterocycles. The van der Waals surface area contributed by atoms with Crippen molar-refractivity contribution in [1.29, 1.82) is 0 Å². The van der Waals surface area contributed by atoms with Crippen LogP contribution in [-0.2, 0) is 9.84 Å². The molecule has 0 aliphatic carbocycles. The van der Waals surface area contributed by atoms with Gasteiger partial charge < -0.3 is 0 Å². The van der Waals surface area contributed by atoms with Crippen molar-refractivity contribution >= 4 is 9.84 Å². The molecule has 0 spiro atoms. The molecule has 51 heavy (non-hydrogen) atoms. The molecule has 1 aromatic heterocycles. The fourth-order valence-electron chi connectivity index (χ4n) is 6.73. The standard InChI is InChI=1S/C45H29N3O2S/c49-51(50)41-23-8-7-22-39(41)40-29-35(24-25-42(40)51)34-18-11-21-38(28-34)45-47-43(36-19-9-16-32(26-36)30-12-3-1-4-13-30)46-44(48-45)37-20-10-17-33(27-37)31-14-5-2-6-15-31/h1-29H. The molecule has 0 atom stereocenters. The third kappa shape index (κ3) is 5.62. The number of hydrogen-bond donors (Lipinski definition) is 0. The van der Waals surface area contributed by atoms with Gasteiger partial charge in [0.1, 0.15) is 0 Å². The molecule has 5 nitrogen and oxygen atoms in total. The number of sulfone groups is 1. The van der Waals surface area contributed by atoms with Gasteiger partial charge in [0.2, 0.25) is 9.84 Å². The van der Waals surface area contributed by atoms with Gasteiger partial charge in [-0.05, 0) is 69.8 Å². The van der Waals surface area contributed by atoms with E-state index in [0.717, 1.165) is 61.2 Å². The number of aromatic nitrogens is 3. The van der Waals surface area contributed by atoms with Gasteiger partial charge >= 0.3 is 0 Å². The molecule has 8 aromatic rings. The van der Waals surface area contributed by atoms with Crippen LogP contribution >= 0.6 is 0 Å². The first kappa shape index (κ1) is 30.6. The van der Waals surface area contributed by atoms with Crippen molar-refractivity contribution in [3.05, 3.63) is 176 Å². The summed E-state index contributed by atoms with van der Waals surface area (Å²) in [5.41, 5.74) is 10.2. The van der Waals surface area contributed by atoms with Crippen LogP contribution in [0.2, 0.25) is 0 Å². The first-order valence-corrected chi connectivity index (χ1v) is 18.2. The number of fused-ring (bicyclic) bond motifs is 3. The summed E-state index contributed by atoms with van der Waals surface area (Å²) >= 11 is 0. The number of hydrogen-bond acceptors (Lipinski definition) is 5. The van der Waals surface area contributed by atoms with Gasteiger partial charge in [-0.25, -0.2) is 23.4 Å². The SMILES string of the molecule is O=S1(=O)c2ccccc2-c2cc(-c3cccc(-c4nc(-c5cccc(-c6ccccc6)c5)nc(-c5cccc(-c6ccccc6)c5)n4)c3)ccc21. The molecule has 0 bridgehead atoms. The molecule has 0 saturated carbocycles. The number of rotatable bonds is 6. The van der Waals surface area contributed by atoms with Gasteiger partial charge in [0.05, 0.1) is 9.79 Å². The Labute approximate surface area is 296 Å². The van der Waals surface area contributed by atoms with Gasteiger partial charge in [0.25, 0.3) is 0 Å². The van der Waals surface area contributed by atoms with Crippen molar-refractivity contribution in [2.75, 3.05) is 0 Å².